The maximum Gasteiger partial charge on any atom is 0.492 e. The quantitative estimate of drug-likeness (QED) is 0.536. The molecule has 0 heterocycles. The zero-order valence-corrected chi connectivity index (χ0v) is 9.08. The fourth-order valence-electron chi connectivity index (χ4n) is 1.47. The summed E-state index contributed by atoms with van der Waals surface area (Å²) in [6.45, 7) is 0. The lowest BCUT2D eigenvalue weighted by Gasteiger charge is -2.11. The number of hydrogen-bond acceptors (Lipinski definition) is 4. The molecule has 2 aromatic carbocycles. The molecule has 0 saturated carbocycles. The highest BCUT2D eigenvalue weighted by atomic mass is 16.5. The molecule has 17 heavy (non-hydrogen) atoms. The van der Waals surface area contributed by atoms with Crippen LogP contribution in [0.2, 0.25) is 0 Å². The normalized spacial score (nSPS) is 10.0. The highest BCUT2D eigenvalue weighted by Crippen LogP contribution is 2.21. The van der Waals surface area contributed by atoms with E-state index in [1.807, 2.05) is 18.2 Å². The third-order valence-electron chi connectivity index (χ3n) is 2.29. The van der Waals surface area contributed by atoms with Crippen LogP contribution in [0.3, 0.4) is 0 Å². The van der Waals surface area contributed by atoms with Crippen molar-refractivity contribution in [3.8, 4) is 11.5 Å². The molecule has 2 rings (SSSR count). The average Bonchev–Trinajstić information content (AvgIpc) is 2.30. The Balaban J connectivity index is 2.34. The summed E-state index contributed by atoms with van der Waals surface area (Å²) in [6, 6.07) is 13.8. The second kappa shape index (κ2) is 4.90. The zero-order valence-electron chi connectivity index (χ0n) is 9.08. The summed E-state index contributed by atoms with van der Waals surface area (Å²) in [5, 5.41) is 18.4. The van der Waals surface area contributed by atoms with Crippen LogP contribution < -0.4 is 15.9 Å². The monoisotopic (exact) mass is 229 g/mol. The van der Waals surface area contributed by atoms with Crippen molar-refractivity contribution in [1.82, 2.24) is 0 Å². The smallest absolute Gasteiger partial charge is 0.458 e. The summed E-state index contributed by atoms with van der Waals surface area (Å²) in [6.07, 6.45) is 0. The number of nitrogen functional groups attached to an aromatic ring is 1. The van der Waals surface area contributed by atoms with Crippen molar-refractivity contribution in [3.05, 3.63) is 48.5 Å². The molecule has 0 aliphatic heterocycles. The van der Waals surface area contributed by atoms with Crippen molar-refractivity contribution in [1.29, 1.82) is 0 Å². The van der Waals surface area contributed by atoms with Gasteiger partial charge in [0.15, 0.2) is 0 Å². The first-order valence-electron chi connectivity index (χ1n) is 5.15. The SMILES string of the molecule is Nc1ccc(B(O)O)c(Oc2ccccc2)c1. The van der Waals surface area contributed by atoms with Gasteiger partial charge in [-0.1, -0.05) is 24.3 Å². The van der Waals surface area contributed by atoms with Crippen LogP contribution in [0.5, 0.6) is 11.5 Å². The van der Waals surface area contributed by atoms with Gasteiger partial charge in [-0.2, -0.15) is 0 Å². The molecule has 0 radical (unpaired) electrons. The van der Waals surface area contributed by atoms with Crippen LogP contribution in [0.15, 0.2) is 48.5 Å². The van der Waals surface area contributed by atoms with Crippen LogP contribution in [-0.4, -0.2) is 17.2 Å². The maximum absolute atomic E-state index is 9.21. The molecule has 4 nitrogen and oxygen atoms in total. The van der Waals surface area contributed by atoms with E-state index in [9.17, 15) is 10.0 Å². The van der Waals surface area contributed by atoms with Gasteiger partial charge in [0.1, 0.15) is 11.5 Å². The summed E-state index contributed by atoms with van der Waals surface area (Å²) in [4.78, 5) is 0. The van der Waals surface area contributed by atoms with Gasteiger partial charge in [-0.25, -0.2) is 0 Å². The van der Waals surface area contributed by atoms with E-state index >= 15 is 0 Å². The van der Waals surface area contributed by atoms with E-state index in [2.05, 4.69) is 0 Å². The third kappa shape index (κ3) is 2.78. The molecule has 0 unspecified atom stereocenters. The lowest BCUT2D eigenvalue weighted by molar-refractivity contribution is 0.421. The Morgan fingerprint density at radius 2 is 1.71 bits per heavy atom. The van der Waals surface area contributed by atoms with Gasteiger partial charge < -0.3 is 20.5 Å². The molecule has 0 aliphatic rings. The van der Waals surface area contributed by atoms with Crippen LogP contribution in [0.25, 0.3) is 0 Å². The maximum atomic E-state index is 9.21. The number of nitrogens with two attached hydrogens (primary N) is 1. The summed E-state index contributed by atoms with van der Waals surface area (Å²) in [7, 11) is -1.59. The number of anilines is 1. The standard InChI is InChI=1S/C12H12BNO3/c14-9-6-7-11(13(15)16)12(8-9)17-10-4-2-1-3-5-10/h1-8,15-16H,14H2. The minimum Gasteiger partial charge on any atom is -0.458 e. The van der Waals surface area contributed by atoms with Gasteiger partial charge in [-0.3, -0.25) is 0 Å². The van der Waals surface area contributed by atoms with Crippen LogP contribution in [0.4, 0.5) is 5.69 Å². The van der Waals surface area contributed by atoms with Crippen LogP contribution in [0.1, 0.15) is 0 Å². The molecule has 5 heteroatoms. The fraction of sp³-hybridized carbons (Fsp3) is 0. The summed E-state index contributed by atoms with van der Waals surface area (Å²) in [5.41, 5.74) is 6.42. The second-order valence-corrected chi connectivity index (χ2v) is 3.59. The van der Waals surface area contributed by atoms with Gasteiger partial charge in [0.2, 0.25) is 0 Å². The van der Waals surface area contributed by atoms with E-state index in [0.29, 0.717) is 17.2 Å². The Hall–Kier alpha value is -1.98. The highest BCUT2D eigenvalue weighted by Gasteiger charge is 2.17. The van der Waals surface area contributed by atoms with Gasteiger partial charge in [0.25, 0.3) is 0 Å². The van der Waals surface area contributed by atoms with E-state index in [1.54, 1.807) is 24.3 Å². The lowest BCUT2D eigenvalue weighted by Crippen LogP contribution is -2.31. The number of rotatable bonds is 3. The Kier molecular flexibility index (Phi) is 3.32. The molecule has 0 bridgehead atoms. The number of hydrogen-bond donors (Lipinski definition) is 3. The van der Waals surface area contributed by atoms with Crippen molar-refractivity contribution < 1.29 is 14.8 Å². The van der Waals surface area contributed by atoms with Gasteiger partial charge in [0, 0.05) is 17.2 Å². The van der Waals surface area contributed by atoms with E-state index in [0.717, 1.165) is 0 Å². The molecule has 2 aromatic rings. The Bertz CT molecular complexity index is 502. The third-order valence-corrected chi connectivity index (χ3v) is 2.29. The molecule has 86 valence electrons. The first-order chi connectivity index (χ1) is 8.16. The van der Waals surface area contributed by atoms with Crippen molar-refractivity contribution in [3.63, 3.8) is 0 Å². The predicted octanol–water partition coefficient (Wildman–Crippen LogP) is 0.741. The average molecular weight is 229 g/mol. The van der Waals surface area contributed by atoms with E-state index in [4.69, 9.17) is 10.5 Å². The number of benzene rings is 2. The molecule has 0 aromatic heterocycles. The highest BCUT2D eigenvalue weighted by molar-refractivity contribution is 6.59. The minimum atomic E-state index is -1.59. The fourth-order valence-corrected chi connectivity index (χ4v) is 1.47. The summed E-state index contributed by atoms with van der Waals surface area (Å²) in [5.74, 6) is 0.950. The van der Waals surface area contributed by atoms with Crippen molar-refractivity contribution in [2.75, 3.05) is 5.73 Å². The molecule has 0 fully saturated rings. The molecule has 0 atom stereocenters. The molecule has 0 saturated heterocycles. The van der Waals surface area contributed by atoms with Gasteiger partial charge in [-0.15, -0.1) is 0 Å². The van der Waals surface area contributed by atoms with E-state index in [-0.39, 0.29) is 5.46 Å². The van der Waals surface area contributed by atoms with Gasteiger partial charge in [0.05, 0.1) is 0 Å². The lowest BCUT2D eigenvalue weighted by atomic mass is 9.79. The van der Waals surface area contributed by atoms with Crippen molar-refractivity contribution in [2.45, 2.75) is 0 Å². The largest absolute Gasteiger partial charge is 0.492 e. The summed E-state index contributed by atoms with van der Waals surface area (Å²) < 4.78 is 5.55. The Labute approximate surface area is 99.4 Å². The zero-order chi connectivity index (χ0) is 12.3. The topological polar surface area (TPSA) is 75.7 Å². The molecule has 0 aliphatic carbocycles. The van der Waals surface area contributed by atoms with Crippen LogP contribution in [0, 0.1) is 0 Å². The van der Waals surface area contributed by atoms with Crippen LogP contribution >= 0.6 is 0 Å². The van der Waals surface area contributed by atoms with Gasteiger partial charge in [-0.05, 0) is 18.2 Å². The number of para-hydroxylation sites is 1. The van der Waals surface area contributed by atoms with Crippen molar-refractivity contribution >= 4 is 18.3 Å². The van der Waals surface area contributed by atoms with Gasteiger partial charge >= 0.3 is 7.12 Å². The second-order valence-electron chi connectivity index (χ2n) is 3.59. The summed E-state index contributed by atoms with van der Waals surface area (Å²) >= 11 is 0. The van der Waals surface area contributed by atoms with Crippen molar-refractivity contribution in [2.24, 2.45) is 0 Å². The molecule has 4 N–H and O–H groups in total. The predicted molar refractivity (Wildman–Crippen MR) is 67.2 cm³/mol. The first kappa shape index (κ1) is 11.5. The van der Waals surface area contributed by atoms with E-state index in [1.165, 1.54) is 6.07 Å². The minimum absolute atomic E-state index is 0.281. The van der Waals surface area contributed by atoms with E-state index < -0.39 is 7.12 Å². The molecule has 0 spiro atoms. The molecular weight excluding hydrogens is 217 g/mol. The molecule has 0 amide bonds. The Morgan fingerprint density at radius 1 is 1.00 bits per heavy atom. The first-order valence-corrected chi connectivity index (χ1v) is 5.15. The molecular formula is C12H12BNO3. The number of ether oxygens (including phenoxy) is 1. The Morgan fingerprint density at radius 3 is 2.35 bits per heavy atom. The van der Waals surface area contributed by atoms with Crippen LogP contribution in [-0.2, 0) is 0 Å².